The first-order valence-electron chi connectivity index (χ1n) is 20.3. The number of fused-ring (bicyclic) bond motifs is 1. The highest BCUT2D eigenvalue weighted by Gasteiger charge is 2.22. The molecule has 0 N–H and O–H groups in total. The zero-order valence-corrected chi connectivity index (χ0v) is 33.8. The Morgan fingerprint density at radius 2 is 1.15 bits per heavy atom. The third-order valence-corrected chi connectivity index (χ3v) is 11.0. The number of nitrogens with zero attached hydrogens (tertiary/aromatic N) is 1. The molecule has 0 radical (unpaired) electrons. The maximum atomic E-state index is 4.52. The van der Waals surface area contributed by atoms with E-state index in [1.165, 1.54) is 38.6 Å². The van der Waals surface area contributed by atoms with Crippen LogP contribution in [0.2, 0.25) is 0 Å². The van der Waals surface area contributed by atoms with Crippen molar-refractivity contribution in [2.45, 2.75) is 18.8 Å². The molecule has 288 valence electrons. The molecule has 7 aromatic rings. The van der Waals surface area contributed by atoms with Crippen LogP contribution in [0.25, 0.3) is 50.2 Å². The molecule has 0 spiro atoms. The van der Waals surface area contributed by atoms with Gasteiger partial charge in [0.1, 0.15) is 0 Å². The van der Waals surface area contributed by atoms with Crippen molar-refractivity contribution in [3.63, 3.8) is 0 Å². The van der Waals surface area contributed by atoms with Gasteiger partial charge >= 0.3 is 0 Å². The first-order chi connectivity index (χ1) is 29.0. The third-order valence-electron chi connectivity index (χ3n) is 11.0. The summed E-state index contributed by atoms with van der Waals surface area (Å²) in [6.07, 6.45) is 16.0. The van der Waals surface area contributed by atoms with Crippen LogP contribution >= 0.6 is 0 Å². The molecule has 0 aliphatic heterocycles. The van der Waals surface area contributed by atoms with Gasteiger partial charge in [0.25, 0.3) is 0 Å². The highest BCUT2D eigenvalue weighted by atomic mass is 15.1. The second-order valence-electron chi connectivity index (χ2n) is 14.7. The van der Waals surface area contributed by atoms with Crippen molar-refractivity contribution in [1.82, 2.24) is 0 Å². The lowest BCUT2D eigenvalue weighted by molar-refractivity contribution is 0.672. The Bertz CT molecular complexity index is 2640. The zero-order valence-electron chi connectivity index (χ0n) is 33.8. The molecule has 0 aliphatic rings. The third kappa shape index (κ3) is 9.33. The van der Waals surface area contributed by atoms with Gasteiger partial charge in [0.15, 0.2) is 0 Å². The molecule has 1 heteroatoms. The summed E-state index contributed by atoms with van der Waals surface area (Å²) in [4.78, 5) is 2.30. The fourth-order valence-electron chi connectivity index (χ4n) is 7.87. The zero-order chi connectivity index (χ0) is 41.0. The number of benzene rings is 7. The molecule has 1 nitrogen and oxygen atoms in total. The summed E-state index contributed by atoms with van der Waals surface area (Å²) in [7, 11) is 0. The lowest BCUT2D eigenvalue weighted by atomic mass is 9.79. The summed E-state index contributed by atoms with van der Waals surface area (Å²) in [6.45, 7) is 21.3. The molecule has 0 fully saturated rings. The van der Waals surface area contributed by atoms with Gasteiger partial charge in [-0.25, -0.2) is 0 Å². The topological polar surface area (TPSA) is 3.24 Å². The van der Waals surface area contributed by atoms with Gasteiger partial charge in [-0.3, -0.25) is 0 Å². The van der Waals surface area contributed by atoms with E-state index in [0.717, 1.165) is 52.1 Å². The molecule has 0 heterocycles. The van der Waals surface area contributed by atoms with Crippen molar-refractivity contribution < 1.29 is 0 Å². The Kier molecular flexibility index (Phi) is 13.1. The molecule has 0 bridgehead atoms. The Morgan fingerprint density at radius 3 is 1.81 bits per heavy atom. The quantitative estimate of drug-likeness (QED) is 0.0660. The van der Waals surface area contributed by atoms with Crippen molar-refractivity contribution in [1.29, 1.82) is 0 Å². The van der Waals surface area contributed by atoms with Crippen LogP contribution in [-0.4, -0.2) is 0 Å². The van der Waals surface area contributed by atoms with E-state index in [1.54, 1.807) is 0 Å². The molecule has 0 aromatic heterocycles. The lowest BCUT2D eigenvalue weighted by Gasteiger charge is -2.26. The van der Waals surface area contributed by atoms with Crippen LogP contribution in [0.1, 0.15) is 29.9 Å². The van der Waals surface area contributed by atoms with Gasteiger partial charge in [-0.1, -0.05) is 195 Å². The van der Waals surface area contributed by atoms with Crippen LogP contribution in [0.3, 0.4) is 0 Å². The Balaban J connectivity index is 1.26. The predicted molar refractivity (Wildman–Crippen MR) is 258 cm³/mol. The van der Waals surface area contributed by atoms with Crippen LogP contribution in [0.15, 0.2) is 250 Å². The second kappa shape index (κ2) is 19.3. The maximum absolute atomic E-state index is 4.52. The smallest absolute Gasteiger partial charge is 0.0461 e. The van der Waals surface area contributed by atoms with Crippen molar-refractivity contribution in [3.8, 4) is 33.4 Å². The molecule has 0 saturated heterocycles. The minimum Gasteiger partial charge on any atom is -0.317 e. The average Bonchev–Trinajstić information content (AvgIpc) is 3.30. The van der Waals surface area contributed by atoms with Crippen LogP contribution in [0, 0.1) is 5.92 Å². The van der Waals surface area contributed by atoms with E-state index in [2.05, 4.69) is 220 Å². The Morgan fingerprint density at radius 1 is 0.542 bits per heavy atom. The van der Waals surface area contributed by atoms with Crippen LogP contribution < -0.4 is 4.90 Å². The molecule has 0 saturated carbocycles. The summed E-state index contributed by atoms with van der Waals surface area (Å²) in [5, 5.41) is 2.41. The van der Waals surface area contributed by atoms with Crippen LogP contribution in [0.4, 0.5) is 11.4 Å². The number of hydrogen-bond donors (Lipinski definition) is 0. The van der Waals surface area contributed by atoms with Crippen molar-refractivity contribution in [2.75, 3.05) is 4.90 Å². The largest absolute Gasteiger partial charge is 0.317 e. The van der Waals surface area contributed by atoms with E-state index in [-0.39, 0.29) is 11.8 Å². The van der Waals surface area contributed by atoms with Crippen molar-refractivity contribution in [3.05, 3.63) is 262 Å². The summed E-state index contributed by atoms with van der Waals surface area (Å²) < 4.78 is 0. The highest BCUT2D eigenvalue weighted by molar-refractivity contribution is 5.93. The van der Waals surface area contributed by atoms with E-state index < -0.39 is 0 Å². The van der Waals surface area contributed by atoms with Gasteiger partial charge in [0.05, 0.1) is 0 Å². The molecule has 2 atom stereocenters. The number of rotatable bonds is 17. The SMILES string of the molecule is C=C/C=C\c1cc2ccccc2cc1-c1cccc(N(/C=C/CCC(=C)C(=C)C(C=C)C(C=C)c2ccccc2)c2ccc(-c3ccccc3)c(-c3ccccc3)c2)c1. The Hall–Kier alpha value is -7.22. The molecule has 0 aliphatic carbocycles. The average molecular weight is 762 g/mol. The standard InChI is InChI=1S/C58H51N/c1-6-9-25-50-39-48-32-19-20-33-49(48)41-57(50)51-34-23-35-52(40-51)59(38-22-21-24-43(4)44(5)54(7-2)55(8-3)45-26-13-10-14-27-45)53-36-37-56(46-28-15-11-16-29-46)58(42-53)47-30-17-12-18-31-47/h6-20,22-23,25-42,54-55H,1-5,21,24H2/b25-9-,38-22+. The van der Waals surface area contributed by atoms with Crippen molar-refractivity contribution in [2.24, 2.45) is 5.92 Å². The van der Waals surface area contributed by atoms with Crippen molar-refractivity contribution >= 4 is 28.2 Å². The summed E-state index contributed by atoms with van der Waals surface area (Å²) >= 11 is 0. The van der Waals surface area contributed by atoms with Gasteiger partial charge in [-0.05, 0) is 110 Å². The van der Waals surface area contributed by atoms with Gasteiger partial charge in [-0.15, -0.1) is 13.2 Å². The molecule has 7 aromatic carbocycles. The second-order valence-corrected chi connectivity index (χ2v) is 14.7. The van der Waals surface area contributed by atoms with E-state index in [9.17, 15) is 0 Å². The fourth-order valence-corrected chi connectivity index (χ4v) is 7.87. The molecule has 0 amide bonds. The van der Waals surface area contributed by atoms with E-state index in [4.69, 9.17) is 0 Å². The fraction of sp³-hybridized carbons (Fsp3) is 0.0690. The molecule has 2 unspecified atom stereocenters. The molecular formula is C58H51N. The van der Waals surface area contributed by atoms with Gasteiger partial charge in [0, 0.05) is 29.4 Å². The predicted octanol–water partition coefficient (Wildman–Crippen LogP) is 16.4. The maximum Gasteiger partial charge on any atom is 0.0461 e. The monoisotopic (exact) mass is 761 g/mol. The first kappa shape index (κ1) is 40.0. The van der Waals surface area contributed by atoms with E-state index in [1.807, 2.05) is 30.4 Å². The first-order valence-corrected chi connectivity index (χ1v) is 20.3. The summed E-state index contributed by atoms with van der Waals surface area (Å²) in [5.41, 5.74) is 13.5. The van der Waals surface area contributed by atoms with Gasteiger partial charge in [-0.2, -0.15) is 0 Å². The highest BCUT2D eigenvalue weighted by Crippen LogP contribution is 2.40. The van der Waals surface area contributed by atoms with Gasteiger partial charge in [0.2, 0.25) is 0 Å². The minimum atomic E-state index is 0.00600. The molecular weight excluding hydrogens is 711 g/mol. The summed E-state index contributed by atoms with van der Waals surface area (Å²) in [5.74, 6) is 0.0794. The summed E-state index contributed by atoms with van der Waals surface area (Å²) in [6, 6.07) is 60.5. The van der Waals surface area contributed by atoms with Gasteiger partial charge < -0.3 is 4.90 Å². The molecule has 7 rings (SSSR count). The minimum absolute atomic E-state index is 0.00600. The number of allylic oxidation sites excluding steroid dienone is 7. The number of anilines is 2. The van der Waals surface area contributed by atoms with E-state index in [0.29, 0.717) is 0 Å². The number of hydrogen-bond acceptors (Lipinski definition) is 1. The van der Waals surface area contributed by atoms with Crippen LogP contribution in [0.5, 0.6) is 0 Å². The van der Waals surface area contributed by atoms with Crippen LogP contribution in [-0.2, 0) is 0 Å². The molecule has 59 heavy (non-hydrogen) atoms. The lowest BCUT2D eigenvalue weighted by Crippen LogP contribution is -2.12. The van der Waals surface area contributed by atoms with E-state index >= 15 is 0 Å². The Labute approximate surface area is 351 Å². The normalized spacial score (nSPS) is 12.3.